The van der Waals surface area contributed by atoms with E-state index < -0.39 is 0 Å². The van der Waals surface area contributed by atoms with Gasteiger partial charge in [-0.05, 0) is 84.6 Å². The minimum absolute atomic E-state index is 0.0220. The normalized spacial score (nSPS) is 14.3. The lowest BCUT2D eigenvalue weighted by Gasteiger charge is -2.22. The second-order valence-corrected chi connectivity index (χ2v) is 12.4. The maximum atomic E-state index is 2.46. The number of benzene rings is 6. The van der Waals surface area contributed by atoms with Crippen LogP contribution in [-0.4, -0.2) is 0 Å². The molecule has 0 nitrogen and oxygen atoms in total. The summed E-state index contributed by atoms with van der Waals surface area (Å²) >= 11 is 1.94. The average Bonchev–Trinajstić information content (AvgIpc) is 3.40. The van der Waals surface area contributed by atoms with Gasteiger partial charge >= 0.3 is 0 Å². The Morgan fingerprint density at radius 1 is 0.474 bits per heavy atom. The molecule has 1 aromatic heterocycles. The Hall–Kier alpha value is -4.20. The Morgan fingerprint density at radius 2 is 1.21 bits per heavy atom. The second-order valence-electron chi connectivity index (χ2n) is 11.3. The van der Waals surface area contributed by atoms with Crippen LogP contribution in [0, 0.1) is 0 Å². The molecule has 0 saturated heterocycles. The molecule has 1 heteroatoms. The average molecular weight is 501 g/mol. The van der Waals surface area contributed by atoms with Gasteiger partial charge in [0, 0.05) is 25.6 Å². The monoisotopic (exact) mass is 500 g/mol. The molecule has 1 heterocycles. The fourth-order valence-corrected chi connectivity index (χ4v) is 8.45. The van der Waals surface area contributed by atoms with Gasteiger partial charge in [0.2, 0.25) is 0 Å². The second kappa shape index (κ2) is 7.01. The van der Waals surface area contributed by atoms with Crippen molar-refractivity contribution in [3.8, 4) is 44.5 Å². The van der Waals surface area contributed by atoms with Gasteiger partial charge in [0.1, 0.15) is 0 Å². The van der Waals surface area contributed by atoms with Crippen LogP contribution in [0.1, 0.15) is 25.0 Å². The zero-order valence-corrected chi connectivity index (χ0v) is 22.1. The first-order valence-electron chi connectivity index (χ1n) is 13.4. The van der Waals surface area contributed by atoms with Crippen molar-refractivity contribution >= 4 is 42.3 Å². The molecule has 9 rings (SSSR count). The minimum atomic E-state index is -0.0220. The Bertz CT molecular complexity index is 2140. The van der Waals surface area contributed by atoms with Crippen LogP contribution in [0.25, 0.3) is 75.5 Å². The summed E-state index contributed by atoms with van der Waals surface area (Å²) in [6, 6.07) is 40.9. The summed E-state index contributed by atoms with van der Waals surface area (Å²) in [5.74, 6) is 0. The van der Waals surface area contributed by atoms with E-state index in [0.29, 0.717) is 0 Å². The minimum Gasteiger partial charge on any atom is -0.135 e. The molecule has 0 aliphatic heterocycles. The molecule has 38 heavy (non-hydrogen) atoms. The Balaban J connectivity index is 1.48. The molecule has 0 unspecified atom stereocenters. The van der Waals surface area contributed by atoms with Crippen LogP contribution in [0.15, 0.2) is 109 Å². The molecule has 0 fully saturated rings. The third-order valence-corrected chi connectivity index (χ3v) is 10.1. The van der Waals surface area contributed by atoms with E-state index in [1.165, 1.54) is 86.6 Å². The molecule has 0 radical (unpaired) electrons. The molecule has 2 aliphatic carbocycles. The van der Waals surface area contributed by atoms with E-state index in [1.54, 1.807) is 0 Å². The lowest BCUT2D eigenvalue weighted by atomic mass is 9.80. The van der Waals surface area contributed by atoms with Gasteiger partial charge in [-0.15, -0.1) is 11.3 Å². The molecule has 178 valence electrons. The van der Waals surface area contributed by atoms with Gasteiger partial charge in [0.25, 0.3) is 0 Å². The first-order chi connectivity index (χ1) is 18.6. The quantitative estimate of drug-likeness (QED) is 0.221. The van der Waals surface area contributed by atoms with E-state index in [2.05, 4.69) is 123 Å². The van der Waals surface area contributed by atoms with Gasteiger partial charge in [0.15, 0.2) is 0 Å². The van der Waals surface area contributed by atoms with E-state index in [9.17, 15) is 0 Å². The predicted octanol–water partition coefficient (Wildman–Crippen LogP) is 10.8. The largest absolute Gasteiger partial charge is 0.135 e. The van der Waals surface area contributed by atoms with Gasteiger partial charge in [-0.2, -0.15) is 0 Å². The van der Waals surface area contributed by atoms with Crippen molar-refractivity contribution < 1.29 is 0 Å². The topological polar surface area (TPSA) is 0 Å². The van der Waals surface area contributed by atoms with E-state index in [0.717, 1.165) is 0 Å². The Labute approximate surface area is 225 Å². The number of hydrogen-bond donors (Lipinski definition) is 0. The summed E-state index contributed by atoms with van der Waals surface area (Å²) < 4.78 is 2.76. The van der Waals surface area contributed by atoms with Crippen molar-refractivity contribution in [2.75, 3.05) is 0 Å². The lowest BCUT2D eigenvalue weighted by Crippen LogP contribution is -2.14. The summed E-state index contributed by atoms with van der Waals surface area (Å²) in [7, 11) is 0. The van der Waals surface area contributed by atoms with E-state index >= 15 is 0 Å². The van der Waals surface area contributed by atoms with Crippen molar-refractivity contribution in [2.24, 2.45) is 0 Å². The SMILES string of the molecule is CC1(C)c2cccc3c2-c2c1ccc1c(-c4cccc(-c5ccccc5)c4)cc4sc5cccc-3c5c4c21. The number of rotatable bonds is 2. The molecule has 0 saturated carbocycles. The number of fused-ring (bicyclic) bond motifs is 1. The third-order valence-electron chi connectivity index (χ3n) is 9.00. The van der Waals surface area contributed by atoms with Crippen LogP contribution >= 0.6 is 11.3 Å². The predicted molar refractivity (Wildman–Crippen MR) is 164 cm³/mol. The van der Waals surface area contributed by atoms with Gasteiger partial charge in [-0.1, -0.05) is 105 Å². The van der Waals surface area contributed by atoms with E-state index in [-0.39, 0.29) is 5.41 Å². The van der Waals surface area contributed by atoms with Crippen molar-refractivity contribution in [2.45, 2.75) is 19.3 Å². The molecule has 0 spiro atoms. The smallest absolute Gasteiger partial charge is 0.0368 e. The maximum Gasteiger partial charge on any atom is 0.0368 e. The highest BCUT2D eigenvalue weighted by molar-refractivity contribution is 7.26. The summed E-state index contributed by atoms with van der Waals surface area (Å²) in [5, 5.41) is 5.67. The van der Waals surface area contributed by atoms with E-state index in [4.69, 9.17) is 0 Å². The molecule has 0 amide bonds. The standard InChI is InChI=1S/C37H24S/c1-37(2)28-15-7-13-24-25-14-8-16-30-33(25)36-31(38-30)20-27(26-17-18-29(37)35(32(24)28)34(26)36)23-12-6-11-22(19-23)21-9-4-3-5-10-21/h3-20H,1-2H3. The number of hydrogen-bond acceptors (Lipinski definition) is 1. The van der Waals surface area contributed by atoms with Gasteiger partial charge in [0.05, 0.1) is 0 Å². The van der Waals surface area contributed by atoms with Crippen molar-refractivity contribution in [3.05, 3.63) is 120 Å². The van der Waals surface area contributed by atoms with Crippen molar-refractivity contribution in [1.29, 1.82) is 0 Å². The summed E-state index contributed by atoms with van der Waals surface area (Å²) in [6.45, 7) is 4.79. The van der Waals surface area contributed by atoms with E-state index in [1.807, 2.05) is 11.3 Å². The lowest BCUT2D eigenvalue weighted by molar-refractivity contribution is 0.661. The maximum absolute atomic E-state index is 2.46. The molecule has 7 aromatic rings. The van der Waals surface area contributed by atoms with Crippen LogP contribution in [0.2, 0.25) is 0 Å². The fraction of sp³-hybridized carbons (Fsp3) is 0.0811. The zero-order chi connectivity index (χ0) is 25.2. The molecule has 0 N–H and O–H groups in total. The highest BCUT2D eigenvalue weighted by Crippen LogP contribution is 2.60. The van der Waals surface area contributed by atoms with Crippen LogP contribution in [-0.2, 0) is 5.41 Å². The van der Waals surface area contributed by atoms with Crippen LogP contribution in [0.4, 0.5) is 0 Å². The highest BCUT2D eigenvalue weighted by Gasteiger charge is 2.40. The van der Waals surface area contributed by atoms with Crippen molar-refractivity contribution in [1.82, 2.24) is 0 Å². The van der Waals surface area contributed by atoms with Gasteiger partial charge in [-0.3, -0.25) is 0 Å². The van der Waals surface area contributed by atoms with Crippen LogP contribution in [0.5, 0.6) is 0 Å². The van der Waals surface area contributed by atoms with Gasteiger partial charge < -0.3 is 0 Å². The highest BCUT2D eigenvalue weighted by atomic mass is 32.1. The first kappa shape index (κ1) is 20.8. The van der Waals surface area contributed by atoms with Crippen molar-refractivity contribution in [3.63, 3.8) is 0 Å². The molecular weight excluding hydrogens is 476 g/mol. The molecule has 6 aromatic carbocycles. The van der Waals surface area contributed by atoms with Crippen LogP contribution < -0.4 is 0 Å². The number of thiophene rings is 1. The van der Waals surface area contributed by atoms with Gasteiger partial charge in [-0.25, -0.2) is 0 Å². The zero-order valence-electron chi connectivity index (χ0n) is 21.3. The molecule has 0 atom stereocenters. The Kier molecular flexibility index (Phi) is 3.84. The summed E-state index contributed by atoms with van der Waals surface area (Å²) in [4.78, 5) is 0. The summed E-state index contributed by atoms with van der Waals surface area (Å²) in [5.41, 5.74) is 13.7. The van der Waals surface area contributed by atoms with Crippen LogP contribution in [0.3, 0.4) is 0 Å². The first-order valence-corrected chi connectivity index (χ1v) is 14.2. The molecule has 0 bridgehead atoms. The Morgan fingerprint density at radius 3 is 2.11 bits per heavy atom. The summed E-state index contributed by atoms with van der Waals surface area (Å²) in [6.07, 6.45) is 0. The fourth-order valence-electron chi connectivity index (χ4n) is 7.26. The third kappa shape index (κ3) is 2.46. The molecular formula is C37H24S. The molecule has 2 aliphatic rings.